The molecule has 0 saturated heterocycles. The Hall–Kier alpha value is -3.68. The molecule has 3 atom stereocenters. The molecule has 0 aliphatic heterocycles. The first-order valence-corrected chi connectivity index (χ1v) is 12.3. The number of hydrogen-bond donors (Lipinski definition) is 3. The molecule has 0 heterocycles. The molecule has 3 N–H and O–H groups in total. The molecule has 194 valence electrons. The summed E-state index contributed by atoms with van der Waals surface area (Å²) in [5.74, 6) is -1.03. The van der Waals surface area contributed by atoms with Crippen LogP contribution in [0.25, 0.3) is 0 Å². The van der Waals surface area contributed by atoms with Crippen molar-refractivity contribution in [1.82, 2.24) is 16.0 Å². The third-order valence-electron chi connectivity index (χ3n) is 5.57. The van der Waals surface area contributed by atoms with E-state index in [9.17, 15) is 19.2 Å². The summed E-state index contributed by atoms with van der Waals surface area (Å²) in [7, 11) is 0. The fraction of sp³-hybridized carbons (Fsp3) is 0.429. The first-order chi connectivity index (χ1) is 17.2. The van der Waals surface area contributed by atoms with Gasteiger partial charge in [0.15, 0.2) is 0 Å². The normalized spacial score (nSPS) is 13.4. The highest BCUT2D eigenvalue weighted by molar-refractivity contribution is 5.92. The minimum absolute atomic E-state index is 0.0705. The van der Waals surface area contributed by atoms with Crippen LogP contribution in [0.15, 0.2) is 60.7 Å². The summed E-state index contributed by atoms with van der Waals surface area (Å²) < 4.78 is 5.26. The molecule has 0 fully saturated rings. The van der Waals surface area contributed by atoms with Crippen molar-refractivity contribution in [2.24, 2.45) is 11.8 Å². The van der Waals surface area contributed by atoms with Crippen LogP contribution in [0.4, 0.5) is 4.79 Å². The van der Waals surface area contributed by atoms with E-state index in [1.54, 1.807) is 13.8 Å². The van der Waals surface area contributed by atoms with Crippen LogP contribution in [-0.4, -0.2) is 42.3 Å². The number of aldehydes is 1. The van der Waals surface area contributed by atoms with E-state index in [1.807, 2.05) is 74.5 Å². The minimum Gasteiger partial charge on any atom is -0.445 e. The largest absolute Gasteiger partial charge is 0.445 e. The van der Waals surface area contributed by atoms with E-state index in [0.717, 1.165) is 11.1 Å². The van der Waals surface area contributed by atoms with Gasteiger partial charge in [-0.1, -0.05) is 88.4 Å². The van der Waals surface area contributed by atoms with Crippen molar-refractivity contribution < 1.29 is 23.9 Å². The molecule has 0 aliphatic rings. The minimum atomic E-state index is -0.932. The average Bonchev–Trinajstić information content (AvgIpc) is 2.85. The van der Waals surface area contributed by atoms with Crippen LogP contribution in [0.2, 0.25) is 0 Å². The highest BCUT2D eigenvalue weighted by Gasteiger charge is 2.30. The number of benzene rings is 2. The smallest absolute Gasteiger partial charge is 0.408 e. The molecule has 0 aromatic heterocycles. The maximum atomic E-state index is 13.2. The number of hydrogen-bond acceptors (Lipinski definition) is 5. The molecule has 0 bridgehead atoms. The third kappa shape index (κ3) is 9.90. The lowest BCUT2D eigenvalue weighted by Crippen LogP contribution is -2.57. The summed E-state index contributed by atoms with van der Waals surface area (Å²) in [6.07, 6.45) is 0.704. The number of nitrogens with one attached hydrogen (secondary N) is 3. The molecule has 0 radical (unpaired) electrons. The van der Waals surface area contributed by atoms with Crippen LogP contribution >= 0.6 is 0 Å². The summed E-state index contributed by atoms with van der Waals surface area (Å²) in [6.45, 7) is 7.57. The topological polar surface area (TPSA) is 114 Å². The van der Waals surface area contributed by atoms with Crippen molar-refractivity contribution in [2.45, 2.75) is 65.3 Å². The number of carbonyl (C=O) groups excluding carboxylic acids is 4. The number of carbonyl (C=O) groups is 4. The Morgan fingerprint density at radius 3 is 1.92 bits per heavy atom. The summed E-state index contributed by atoms with van der Waals surface area (Å²) in [6, 6.07) is 16.0. The molecule has 0 aliphatic carbocycles. The van der Waals surface area contributed by atoms with Crippen molar-refractivity contribution in [3.8, 4) is 0 Å². The van der Waals surface area contributed by atoms with Crippen molar-refractivity contribution in [3.05, 3.63) is 71.8 Å². The van der Waals surface area contributed by atoms with Crippen molar-refractivity contribution in [2.75, 3.05) is 0 Å². The maximum Gasteiger partial charge on any atom is 0.408 e. The number of alkyl carbamates (subject to hydrolysis) is 1. The monoisotopic (exact) mass is 495 g/mol. The van der Waals surface area contributed by atoms with Crippen LogP contribution in [0.3, 0.4) is 0 Å². The summed E-state index contributed by atoms with van der Waals surface area (Å²) in [4.78, 5) is 50.2. The zero-order valence-electron chi connectivity index (χ0n) is 21.4. The molecular weight excluding hydrogens is 458 g/mol. The Kier molecular flexibility index (Phi) is 11.6. The highest BCUT2D eigenvalue weighted by atomic mass is 16.5. The van der Waals surface area contributed by atoms with E-state index in [2.05, 4.69) is 16.0 Å². The van der Waals surface area contributed by atoms with Gasteiger partial charge in [0, 0.05) is 6.42 Å². The predicted octanol–water partition coefficient (Wildman–Crippen LogP) is 3.39. The fourth-order valence-electron chi connectivity index (χ4n) is 3.69. The SMILES string of the molecule is CC(C)C[C@H](C=O)NC(=O)[C@@H](Cc1ccccc1)NC(=O)[C@@H](NC(=O)OCc1ccccc1)C(C)C. The molecule has 2 aromatic carbocycles. The Bertz CT molecular complexity index is 979. The molecule has 0 unspecified atom stereocenters. The number of rotatable bonds is 13. The summed E-state index contributed by atoms with van der Waals surface area (Å²) in [5.41, 5.74) is 1.67. The molecule has 2 rings (SSSR count). The van der Waals surface area contributed by atoms with Crippen LogP contribution in [0.1, 0.15) is 45.2 Å². The Balaban J connectivity index is 2.10. The van der Waals surface area contributed by atoms with Crippen LogP contribution in [0.5, 0.6) is 0 Å². The van der Waals surface area contributed by atoms with Crippen molar-refractivity contribution in [3.63, 3.8) is 0 Å². The van der Waals surface area contributed by atoms with Gasteiger partial charge in [-0.3, -0.25) is 9.59 Å². The number of amides is 3. The van der Waals surface area contributed by atoms with Gasteiger partial charge in [-0.25, -0.2) is 4.79 Å². The zero-order chi connectivity index (χ0) is 26.5. The van der Waals surface area contributed by atoms with Gasteiger partial charge in [0.05, 0.1) is 6.04 Å². The first kappa shape index (κ1) is 28.6. The quantitative estimate of drug-likeness (QED) is 0.369. The van der Waals surface area contributed by atoms with Crippen molar-refractivity contribution in [1.29, 1.82) is 0 Å². The predicted molar refractivity (Wildman–Crippen MR) is 138 cm³/mol. The second-order valence-electron chi connectivity index (χ2n) is 9.56. The van der Waals surface area contributed by atoms with Gasteiger partial charge in [0.1, 0.15) is 25.0 Å². The fourth-order valence-corrected chi connectivity index (χ4v) is 3.69. The Labute approximate surface area is 213 Å². The van der Waals surface area contributed by atoms with E-state index < -0.39 is 36.0 Å². The van der Waals surface area contributed by atoms with E-state index >= 15 is 0 Å². The van der Waals surface area contributed by atoms with Gasteiger partial charge in [-0.15, -0.1) is 0 Å². The van der Waals surface area contributed by atoms with Gasteiger partial charge < -0.3 is 25.5 Å². The first-order valence-electron chi connectivity index (χ1n) is 12.3. The summed E-state index contributed by atoms with van der Waals surface area (Å²) in [5, 5.41) is 8.12. The molecule has 36 heavy (non-hydrogen) atoms. The van der Waals surface area contributed by atoms with Gasteiger partial charge >= 0.3 is 6.09 Å². The van der Waals surface area contributed by atoms with E-state index in [1.165, 1.54) is 0 Å². The highest BCUT2D eigenvalue weighted by Crippen LogP contribution is 2.09. The lowest BCUT2D eigenvalue weighted by Gasteiger charge is -2.26. The maximum absolute atomic E-state index is 13.2. The van der Waals surface area contributed by atoms with E-state index in [0.29, 0.717) is 12.7 Å². The Morgan fingerprint density at radius 2 is 1.39 bits per heavy atom. The van der Waals surface area contributed by atoms with E-state index in [-0.39, 0.29) is 24.9 Å². The second-order valence-corrected chi connectivity index (χ2v) is 9.56. The van der Waals surface area contributed by atoms with Gasteiger partial charge in [0.25, 0.3) is 0 Å². The zero-order valence-corrected chi connectivity index (χ0v) is 21.4. The van der Waals surface area contributed by atoms with Gasteiger partial charge in [-0.2, -0.15) is 0 Å². The standard InChI is InChI=1S/C28H37N3O5/c1-19(2)15-23(17-32)29-26(33)24(16-21-11-7-5-8-12-21)30-27(34)25(20(3)4)31-28(35)36-18-22-13-9-6-10-14-22/h5-14,17,19-20,23-25H,15-16,18H2,1-4H3,(H,29,33)(H,30,34)(H,31,35)/t23-,24-,25+/m1/s1. The molecular formula is C28H37N3O5. The molecule has 0 spiro atoms. The number of ether oxygens (including phenoxy) is 1. The second kappa shape index (κ2) is 14.7. The van der Waals surface area contributed by atoms with Gasteiger partial charge in [-0.05, 0) is 29.4 Å². The average molecular weight is 496 g/mol. The Morgan fingerprint density at radius 1 is 0.806 bits per heavy atom. The lowest BCUT2D eigenvalue weighted by atomic mass is 10.00. The molecule has 0 saturated carbocycles. The van der Waals surface area contributed by atoms with Crippen LogP contribution < -0.4 is 16.0 Å². The molecule has 8 nitrogen and oxygen atoms in total. The lowest BCUT2D eigenvalue weighted by molar-refractivity contribution is -0.131. The molecule has 2 aromatic rings. The summed E-state index contributed by atoms with van der Waals surface area (Å²) >= 11 is 0. The van der Waals surface area contributed by atoms with Crippen LogP contribution in [-0.2, 0) is 32.1 Å². The van der Waals surface area contributed by atoms with Crippen LogP contribution in [0, 0.1) is 11.8 Å². The van der Waals surface area contributed by atoms with Gasteiger partial charge in [0.2, 0.25) is 11.8 Å². The third-order valence-corrected chi connectivity index (χ3v) is 5.57. The molecule has 8 heteroatoms. The molecule has 3 amide bonds. The van der Waals surface area contributed by atoms with E-state index in [4.69, 9.17) is 4.74 Å². The van der Waals surface area contributed by atoms with Crippen molar-refractivity contribution >= 4 is 24.2 Å².